The van der Waals surface area contributed by atoms with E-state index < -0.39 is 12.1 Å². The van der Waals surface area contributed by atoms with Crippen LogP contribution in [0, 0.1) is 5.82 Å². The van der Waals surface area contributed by atoms with E-state index in [0.717, 1.165) is 5.56 Å². The van der Waals surface area contributed by atoms with E-state index in [-0.39, 0.29) is 11.7 Å². The highest BCUT2D eigenvalue weighted by Crippen LogP contribution is 2.05. The standard InChI is InChI=1S/C17H19FN2O3/c1-12(23-17(22)15-4-3-11-20(15)2)16(21)19-10-9-13-5-7-14(18)8-6-13/h3-8,11-12H,9-10H2,1-2H3,(H,19,21)/t12-/m0/s1. The number of benzene rings is 1. The van der Waals surface area contributed by atoms with Crippen LogP contribution in [0.15, 0.2) is 42.6 Å². The third kappa shape index (κ3) is 4.67. The number of halogens is 1. The summed E-state index contributed by atoms with van der Waals surface area (Å²) in [6, 6.07) is 9.44. The Kier molecular flexibility index (Phi) is 5.51. The van der Waals surface area contributed by atoms with Gasteiger partial charge in [-0.3, -0.25) is 4.79 Å². The van der Waals surface area contributed by atoms with Gasteiger partial charge in [-0.2, -0.15) is 0 Å². The molecule has 1 aromatic carbocycles. The van der Waals surface area contributed by atoms with Gasteiger partial charge in [0.1, 0.15) is 11.5 Å². The normalized spacial score (nSPS) is 11.8. The van der Waals surface area contributed by atoms with Crippen molar-refractivity contribution < 1.29 is 18.7 Å². The minimum Gasteiger partial charge on any atom is -0.448 e. The Balaban J connectivity index is 1.77. The first kappa shape index (κ1) is 16.7. The van der Waals surface area contributed by atoms with Crippen molar-refractivity contribution in [2.24, 2.45) is 7.05 Å². The summed E-state index contributed by atoms with van der Waals surface area (Å²) in [6.45, 7) is 1.91. The summed E-state index contributed by atoms with van der Waals surface area (Å²) in [5.74, 6) is -1.20. The number of carbonyl (C=O) groups excluding carboxylic acids is 2. The molecule has 0 aliphatic heterocycles. The molecule has 1 aromatic heterocycles. The zero-order chi connectivity index (χ0) is 16.8. The molecule has 2 rings (SSSR count). The Morgan fingerprint density at radius 1 is 1.26 bits per heavy atom. The summed E-state index contributed by atoms with van der Waals surface area (Å²) >= 11 is 0. The zero-order valence-corrected chi connectivity index (χ0v) is 13.1. The lowest BCUT2D eigenvalue weighted by molar-refractivity contribution is -0.129. The number of esters is 1. The van der Waals surface area contributed by atoms with Gasteiger partial charge in [0.05, 0.1) is 0 Å². The highest BCUT2D eigenvalue weighted by molar-refractivity contribution is 5.90. The quantitative estimate of drug-likeness (QED) is 0.830. The van der Waals surface area contributed by atoms with Crippen LogP contribution in [0.1, 0.15) is 23.0 Å². The molecule has 6 heteroatoms. The number of carbonyl (C=O) groups is 2. The molecule has 0 radical (unpaired) electrons. The van der Waals surface area contributed by atoms with Crippen molar-refractivity contribution in [3.63, 3.8) is 0 Å². The summed E-state index contributed by atoms with van der Waals surface area (Å²) in [5, 5.41) is 2.69. The fraction of sp³-hybridized carbons (Fsp3) is 0.294. The van der Waals surface area contributed by atoms with Crippen molar-refractivity contribution in [1.82, 2.24) is 9.88 Å². The first-order valence-electron chi connectivity index (χ1n) is 7.32. The molecule has 5 nitrogen and oxygen atoms in total. The SMILES string of the molecule is C[C@H](OC(=O)c1cccn1C)C(=O)NCCc1ccc(F)cc1. The number of aryl methyl sites for hydroxylation is 1. The van der Waals surface area contributed by atoms with Crippen LogP contribution in [-0.4, -0.2) is 29.1 Å². The number of nitrogens with one attached hydrogen (secondary N) is 1. The molecule has 0 bridgehead atoms. The molecule has 1 heterocycles. The molecule has 0 unspecified atom stereocenters. The second-order valence-electron chi connectivity index (χ2n) is 5.22. The fourth-order valence-electron chi connectivity index (χ4n) is 2.07. The van der Waals surface area contributed by atoms with E-state index in [0.29, 0.717) is 18.7 Å². The first-order valence-corrected chi connectivity index (χ1v) is 7.32. The average Bonchev–Trinajstić information content (AvgIpc) is 2.95. The number of rotatable bonds is 6. The number of ether oxygens (including phenoxy) is 1. The molecule has 0 fully saturated rings. The van der Waals surface area contributed by atoms with Crippen LogP contribution in [-0.2, 0) is 23.0 Å². The lowest BCUT2D eigenvalue weighted by Crippen LogP contribution is -2.37. The van der Waals surface area contributed by atoms with E-state index in [1.165, 1.54) is 19.1 Å². The van der Waals surface area contributed by atoms with E-state index in [1.807, 2.05) is 0 Å². The highest BCUT2D eigenvalue weighted by Gasteiger charge is 2.19. The number of aromatic nitrogens is 1. The fourth-order valence-corrected chi connectivity index (χ4v) is 2.07. The van der Waals surface area contributed by atoms with Crippen LogP contribution in [0.5, 0.6) is 0 Å². The summed E-state index contributed by atoms with van der Waals surface area (Å²) in [7, 11) is 1.73. The Hall–Kier alpha value is -2.63. The Bertz CT molecular complexity index is 679. The molecule has 0 aliphatic carbocycles. The van der Waals surface area contributed by atoms with E-state index in [9.17, 15) is 14.0 Å². The minimum absolute atomic E-state index is 0.293. The van der Waals surface area contributed by atoms with Gasteiger partial charge in [0.15, 0.2) is 6.10 Å². The molecule has 1 N–H and O–H groups in total. The van der Waals surface area contributed by atoms with Gasteiger partial charge in [0.25, 0.3) is 5.91 Å². The number of hydrogen-bond donors (Lipinski definition) is 1. The maximum atomic E-state index is 12.8. The van der Waals surface area contributed by atoms with Crippen LogP contribution in [0.25, 0.3) is 0 Å². The summed E-state index contributed by atoms with van der Waals surface area (Å²) in [5.41, 5.74) is 1.30. The number of nitrogens with zero attached hydrogens (tertiary/aromatic N) is 1. The molecule has 2 aromatic rings. The van der Waals surface area contributed by atoms with Gasteiger partial charge in [-0.1, -0.05) is 12.1 Å². The average molecular weight is 318 g/mol. The molecule has 1 amide bonds. The lowest BCUT2D eigenvalue weighted by Gasteiger charge is -2.13. The predicted molar refractivity (Wildman–Crippen MR) is 83.4 cm³/mol. The molecule has 0 spiro atoms. The van der Waals surface area contributed by atoms with Gasteiger partial charge in [-0.15, -0.1) is 0 Å². The van der Waals surface area contributed by atoms with Gasteiger partial charge in [0, 0.05) is 19.8 Å². The number of hydrogen-bond acceptors (Lipinski definition) is 3. The third-order valence-electron chi connectivity index (χ3n) is 3.43. The first-order chi connectivity index (χ1) is 11.0. The van der Waals surface area contributed by atoms with Crippen LogP contribution in [0.3, 0.4) is 0 Å². The molecule has 122 valence electrons. The van der Waals surface area contributed by atoms with Crippen molar-refractivity contribution in [3.05, 3.63) is 59.7 Å². The molecule has 0 aliphatic rings. The minimum atomic E-state index is -0.884. The van der Waals surface area contributed by atoms with Crippen molar-refractivity contribution in [1.29, 1.82) is 0 Å². The smallest absolute Gasteiger partial charge is 0.355 e. The molecular formula is C17H19FN2O3. The Morgan fingerprint density at radius 2 is 1.96 bits per heavy atom. The van der Waals surface area contributed by atoms with Crippen molar-refractivity contribution in [2.75, 3.05) is 6.54 Å². The largest absolute Gasteiger partial charge is 0.448 e. The second kappa shape index (κ2) is 7.58. The third-order valence-corrected chi connectivity index (χ3v) is 3.43. The Labute approximate surface area is 134 Å². The topological polar surface area (TPSA) is 60.3 Å². The highest BCUT2D eigenvalue weighted by atomic mass is 19.1. The monoisotopic (exact) mass is 318 g/mol. The molecular weight excluding hydrogens is 299 g/mol. The van der Waals surface area contributed by atoms with Gasteiger partial charge >= 0.3 is 5.97 Å². The maximum Gasteiger partial charge on any atom is 0.355 e. The predicted octanol–water partition coefficient (Wildman–Crippen LogP) is 2.07. The number of amides is 1. The van der Waals surface area contributed by atoms with Gasteiger partial charge in [-0.05, 0) is 43.2 Å². The van der Waals surface area contributed by atoms with E-state index in [2.05, 4.69) is 5.32 Å². The molecule has 0 saturated heterocycles. The Morgan fingerprint density at radius 3 is 2.57 bits per heavy atom. The van der Waals surface area contributed by atoms with Gasteiger partial charge in [-0.25, -0.2) is 9.18 Å². The zero-order valence-electron chi connectivity index (χ0n) is 13.1. The summed E-state index contributed by atoms with van der Waals surface area (Å²) < 4.78 is 19.6. The van der Waals surface area contributed by atoms with E-state index in [4.69, 9.17) is 4.74 Å². The van der Waals surface area contributed by atoms with E-state index >= 15 is 0 Å². The molecule has 1 atom stereocenters. The van der Waals surface area contributed by atoms with Gasteiger partial charge in [0.2, 0.25) is 0 Å². The van der Waals surface area contributed by atoms with Crippen molar-refractivity contribution in [3.8, 4) is 0 Å². The summed E-state index contributed by atoms with van der Waals surface area (Å²) in [4.78, 5) is 23.8. The maximum absolute atomic E-state index is 12.8. The van der Waals surface area contributed by atoms with Gasteiger partial charge < -0.3 is 14.6 Å². The molecule has 23 heavy (non-hydrogen) atoms. The second-order valence-corrected chi connectivity index (χ2v) is 5.22. The van der Waals surface area contributed by atoms with Crippen molar-refractivity contribution in [2.45, 2.75) is 19.4 Å². The molecule has 0 saturated carbocycles. The van der Waals surface area contributed by atoms with Crippen LogP contribution >= 0.6 is 0 Å². The summed E-state index contributed by atoms with van der Waals surface area (Å²) in [6.07, 6.45) is 1.42. The van der Waals surface area contributed by atoms with Crippen LogP contribution in [0.2, 0.25) is 0 Å². The van der Waals surface area contributed by atoms with Crippen LogP contribution < -0.4 is 5.32 Å². The lowest BCUT2D eigenvalue weighted by atomic mass is 10.1. The van der Waals surface area contributed by atoms with Crippen molar-refractivity contribution >= 4 is 11.9 Å². The van der Waals surface area contributed by atoms with E-state index in [1.54, 1.807) is 42.1 Å². The van der Waals surface area contributed by atoms with Crippen LogP contribution in [0.4, 0.5) is 4.39 Å².